The molecule has 1 heterocycles. The van der Waals surface area contributed by atoms with E-state index in [0.29, 0.717) is 5.54 Å². The maximum atomic E-state index is 4.66. The molecule has 1 saturated carbocycles. The van der Waals surface area contributed by atoms with Crippen molar-refractivity contribution in [2.75, 3.05) is 45.0 Å². The number of likely N-dealkylation sites (N-methyl/N-ethyl adjacent to an activating group) is 2. The van der Waals surface area contributed by atoms with Gasteiger partial charge in [0.15, 0.2) is 0 Å². The molecule has 1 aliphatic rings. The molecule has 0 bridgehead atoms. The van der Waals surface area contributed by atoms with Gasteiger partial charge in [0.2, 0.25) is 0 Å². The minimum Gasteiger partial charge on any atom is -0.373 e. The van der Waals surface area contributed by atoms with Crippen LogP contribution in [0.5, 0.6) is 0 Å². The normalized spacial score (nSPS) is 16.9. The Labute approximate surface area is 122 Å². The number of aryl methyl sites for hydroxylation is 1. The Balaban J connectivity index is 2.18. The quantitative estimate of drug-likeness (QED) is 0.861. The number of nitrogens with zero attached hydrogens (tertiary/aromatic N) is 4. The molecule has 2 rings (SSSR count). The summed E-state index contributed by atoms with van der Waals surface area (Å²) in [5, 5.41) is 3.12. The lowest BCUT2D eigenvalue weighted by atomic mass is 9.75. The number of hydrogen-bond acceptors (Lipinski definition) is 5. The van der Waals surface area contributed by atoms with Crippen molar-refractivity contribution in [2.45, 2.75) is 38.1 Å². The Kier molecular flexibility index (Phi) is 4.48. The summed E-state index contributed by atoms with van der Waals surface area (Å²) in [7, 11) is 8.40. The van der Waals surface area contributed by atoms with Crippen LogP contribution in [0.4, 0.5) is 11.6 Å². The largest absolute Gasteiger partial charge is 0.373 e. The molecule has 1 aromatic rings. The monoisotopic (exact) mass is 277 g/mol. The van der Waals surface area contributed by atoms with E-state index in [0.717, 1.165) is 30.4 Å². The fourth-order valence-corrected chi connectivity index (χ4v) is 2.82. The van der Waals surface area contributed by atoms with Gasteiger partial charge in [-0.2, -0.15) is 0 Å². The molecule has 0 aromatic carbocycles. The molecule has 0 saturated heterocycles. The fraction of sp³-hybridized carbons (Fsp3) is 0.733. The molecule has 1 aliphatic carbocycles. The molecule has 0 radical (unpaired) electrons. The lowest BCUT2D eigenvalue weighted by molar-refractivity contribution is 0.0681. The van der Waals surface area contributed by atoms with Gasteiger partial charge < -0.3 is 15.1 Å². The summed E-state index contributed by atoms with van der Waals surface area (Å²) < 4.78 is 0. The van der Waals surface area contributed by atoms with Crippen molar-refractivity contribution in [2.24, 2.45) is 0 Å². The van der Waals surface area contributed by atoms with Gasteiger partial charge in [-0.1, -0.05) is 6.92 Å². The second-order valence-electron chi connectivity index (χ2n) is 5.96. The average Bonchev–Trinajstić information content (AvgIpc) is 2.41. The Morgan fingerprint density at radius 2 is 1.95 bits per heavy atom. The lowest BCUT2D eigenvalue weighted by Gasteiger charge is -2.49. The third-order valence-corrected chi connectivity index (χ3v) is 4.49. The minimum absolute atomic E-state index is 0.311. The van der Waals surface area contributed by atoms with Crippen LogP contribution < -0.4 is 10.2 Å². The number of hydrogen-bond donors (Lipinski definition) is 1. The third-order valence-electron chi connectivity index (χ3n) is 4.49. The molecule has 5 nitrogen and oxygen atoms in total. The van der Waals surface area contributed by atoms with E-state index in [1.54, 1.807) is 0 Å². The summed E-state index contributed by atoms with van der Waals surface area (Å²) in [6.45, 7) is 3.11. The second-order valence-corrected chi connectivity index (χ2v) is 5.96. The maximum absolute atomic E-state index is 4.66. The molecular formula is C15H27N5. The van der Waals surface area contributed by atoms with Crippen LogP contribution in [0, 0.1) is 0 Å². The summed E-state index contributed by atoms with van der Waals surface area (Å²) in [5.41, 5.74) is 0.311. The first-order valence-electron chi connectivity index (χ1n) is 7.45. The standard InChI is InChI=1S/C15H27N5/c1-6-12-17-13(16-2)10-14(18-12)20(5)11-15(19(3)4)8-7-9-15/h10H,6-9,11H2,1-5H3,(H,16,17,18). The zero-order valence-electron chi connectivity index (χ0n) is 13.4. The van der Waals surface area contributed by atoms with Crippen molar-refractivity contribution >= 4 is 11.6 Å². The molecule has 0 unspecified atom stereocenters. The highest BCUT2D eigenvalue weighted by Gasteiger charge is 2.40. The van der Waals surface area contributed by atoms with Crippen LogP contribution in [0.2, 0.25) is 0 Å². The molecule has 0 aliphatic heterocycles. The molecule has 112 valence electrons. The summed E-state index contributed by atoms with van der Waals surface area (Å²) in [6.07, 6.45) is 4.73. The molecule has 0 spiro atoms. The summed E-state index contributed by atoms with van der Waals surface area (Å²) in [6, 6.07) is 2.03. The van der Waals surface area contributed by atoms with E-state index in [9.17, 15) is 0 Å². The van der Waals surface area contributed by atoms with Crippen molar-refractivity contribution in [3.63, 3.8) is 0 Å². The average molecular weight is 277 g/mol. The van der Waals surface area contributed by atoms with Gasteiger partial charge in [0.25, 0.3) is 0 Å². The first-order chi connectivity index (χ1) is 9.50. The van der Waals surface area contributed by atoms with Gasteiger partial charge >= 0.3 is 0 Å². The van der Waals surface area contributed by atoms with Crippen LogP contribution >= 0.6 is 0 Å². The topological polar surface area (TPSA) is 44.3 Å². The van der Waals surface area contributed by atoms with E-state index < -0.39 is 0 Å². The van der Waals surface area contributed by atoms with E-state index in [4.69, 9.17) is 0 Å². The Morgan fingerprint density at radius 3 is 2.40 bits per heavy atom. The number of aromatic nitrogens is 2. The van der Waals surface area contributed by atoms with Crippen LogP contribution in [0.3, 0.4) is 0 Å². The first kappa shape index (κ1) is 15.0. The third kappa shape index (κ3) is 2.87. The smallest absolute Gasteiger partial charge is 0.134 e. The lowest BCUT2D eigenvalue weighted by Crippen LogP contribution is -2.56. The molecule has 5 heteroatoms. The van der Waals surface area contributed by atoms with E-state index in [-0.39, 0.29) is 0 Å². The van der Waals surface area contributed by atoms with E-state index in [1.807, 2.05) is 13.1 Å². The molecular weight excluding hydrogens is 250 g/mol. The highest BCUT2D eigenvalue weighted by molar-refractivity contribution is 5.49. The molecule has 1 aromatic heterocycles. The van der Waals surface area contributed by atoms with Gasteiger partial charge in [0.1, 0.15) is 17.5 Å². The summed E-state index contributed by atoms with van der Waals surface area (Å²) in [4.78, 5) is 13.8. The van der Waals surface area contributed by atoms with Crippen molar-refractivity contribution in [3.8, 4) is 0 Å². The Morgan fingerprint density at radius 1 is 1.25 bits per heavy atom. The number of anilines is 2. The molecule has 1 N–H and O–H groups in total. The zero-order chi connectivity index (χ0) is 14.8. The van der Waals surface area contributed by atoms with Crippen molar-refractivity contribution in [1.29, 1.82) is 0 Å². The predicted molar refractivity (Wildman–Crippen MR) is 84.5 cm³/mol. The molecule has 0 atom stereocenters. The SMILES string of the molecule is CCc1nc(NC)cc(N(C)CC2(N(C)C)CCC2)n1. The van der Waals surface area contributed by atoms with Gasteiger partial charge in [-0.25, -0.2) is 9.97 Å². The Bertz CT molecular complexity index is 431. The van der Waals surface area contributed by atoms with Crippen molar-refractivity contribution in [1.82, 2.24) is 14.9 Å². The van der Waals surface area contributed by atoms with Crippen molar-refractivity contribution < 1.29 is 0 Å². The van der Waals surface area contributed by atoms with E-state index in [1.165, 1.54) is 19.3 Å². The van der Waals surface area contributed by atoms with Crippen LogP contribution in [-0.4, -0.2) is 55.1 Å². The molecule has 1 fully saturated rings. The number of nitrogens with one attached hydrogen (secondary N) is 1. The van der Waals surface area contributed by atoms with E-state index in [2.05, 4.69) is 53.2 Å². The number of rotatable bonds is 6. The highest BCUT2D eigenvalue weighted by Crippen LogP contribution is 2.37. The zero-order valence-corrected chi connectivity index (χ0v) is 13.4. The van der Waals surface area contributed by atoms with Gasteiger partial charge in [0, 0.05) is 38.7 Å². The first-order valence-corrected chi connectivity index (χ1v) is 7.45. The Hall–Kier alpha value is -1.36. The molecule has 0 amide bonds. The van der Waals surface area contributed by atoms with Crippen LogP contribution in [0.25, 0.3) is 0 Å². The van der Waals surface area contributed by atoms with Gasteiger partial charge in [-0.3, -0.25) is 0 Å². The highest BCUT2D eigenvalue weighted by atomic mass is 15.3. The predicted octanol–water partition coefficient (Wildman–Crippen LogP) is 2.00. The van der Waals surface area contributed by atoms with Gasteiger partial charge in [-0.15, -0.1) is 0 Å². The van der Waals surface area contributed by atoms with Crippen LogP contribution in [0.1, 0.15) is 32.0 Å². The fourth-order valence-electron chi connectivity index (χ4n) is 2.82. The van der Waals surface area contributed by atoms with Crippen LogP contribution in [-0.2, 0) is 6.42 Å². The molecule has 20 heavy (non-hydrogen) atoms. The minimum atomic E-state index is 0.311. The van der Waals surface area contributed by atoms with Crippen molar-refractivity contribution in [3.05, 3.63) is 11.9 Å². The van der Waals surface area contributed by atoms with Gasteiger partial charge in [0.05, 0.1) is 0 Å². The van der Waals surface area contributed by atoms with E-state index >= 15 is 0 Å². The summed E-state index contributed by atoms with van der Waals surface area (Å²) in [5.74, 6) is 2.80. The summed E-state index contributed by atoms with van der Waals surface area (Å²) >= 11 is 0. The van der Waals surface area contributed by atoms with Gasteiger partial charge in [-0.05, 0) is 33.4 Å². The van der Waals surface area contributed by atoms with Crippen LogP contribution in [0.15, 0.2) is 6.07 Å². The maximum Gasteiger partial charge on any atom is 0.134 e. The second kappa shape index (κ2) is 5.95.